The normalized spacial score (nSPS) is 24.0. The van der Waals surface area contributed by atoms with Crippen molar-refractivity contribution in [1.82, 2.24) is 19.8 Å². The van der Waals surface area contributed by atoms with E-state index in [1.165, 1.54) is 5.52 Å². The van der Waals surface area contributed by atoms with Crippen molar-refractivity contribution >= 4 is 16.9 Å². The smallest absolute Gasteiger partial charge is 0.224 e. The average molecular weight is 340 g/mol. The Morgan fingerprint density at radius 3 is 2.88 bits per heavy atom. The van der Waals surface area contributed by atoms with Gasteiger partial charge >= 0.3 is 0 Å². The highest BCUT2D eigenvalue weighted by Crippen LogP contribution is 2.25. The number of fused-ring (bicyclic) bond motifs is 5. The van der Waals surface area contributed by atoms with Gasteiger partial charge in [-0.2, -0.15) is 0 Å². The van der Waals surface area contributed by atoms with E-state index in [0.717, 1.165) is 56.8 Å². The van der Waals surface area contributed by atoms with Crippen molar-refractivity contribution in [1.29, 1.82) is 0 Å². The van der Waals surface area contributed by atoms with Gasteiger partial charge in [0.25, 0.3) is 0 Å². The second kappa shape index (κ2) is 6.79. The van der Waals surface area contributed by atoms with Crippen molar-refractivity contribution in [2.24, 2.45) is 11.8 Å². The quantitative estimate of drug-likeness (QED) is 0.910. The third-order valence-electron chi connectivity index (χ3n) is 5.57. The van der Waals surface area contributed by atoms with Gasteiger partial charge in [0.15, 0.2) is 0 Å². The molecule has 2 atom stereocenters. The Morgan fingerprint density at radius 2 is 2.08 bits per heavy atom. The maximum Gasteiger partial charge on any atom is 0.224 e. The third-order valence-corrected chi connectivity index (χ3v) is 5.57. The minimum absolute atomic E-state index is 0.146. The van der Waals surface area contributed by atoms with Crippen LogP contribution in [0.15, 0.2) is 24.3 Å². The molecule has 5 rings (SSSR count). The third kappa shape index (κ3) is 3.43. The number of carbonyl (C=O) groups excluding carboxylic acids is 1. The average Bonchev–Trinajstić information content (AvgIpc) is 2.70. The van der Waals surface area contributed by atoms with Gasteiger partial charge in [-0.15, -0.1) is 0 Å². The van der Waals surface area contributed by atoms with Crippen molar-refractivity contribution in [2.75, 3.05) is 13.1 Å². The molecule has 1 aromatic carbocycles. The summed E-state index contributed by atoms with van der Waals surface area (Å²) in [5.41, 5.74) is 2.30. The Bertz CT molecular complexity index is 766. The molecule has 5 nitrogen and oxygen atoms in total. The molecule has 1 aromatic heterocycles. The number of imidazole rings is 1. The number of benzene rings is 1. The first kappa shape index (κ1) is 16.6. The van der Waals surface area contributed by atoms with E-state index in [2.05, 4.69) is 52.9 Å². The lowest BCUT2D eigenvalue weighted by atomic mass is 9.96. The number of hydrogen-bond donors (Lipinski definition) is 1. The van der Waals surface area contributed by atoms with Crippen LogP contribution in [0.5, 0.6) is 0 Å². The Balaban J connectivity index is 1.60. The van der Waals surface area contributed by atoms with Gasteiger partial charge in [0.05, 0.1) is 23.5 Å². The van der Waals surface area contributed by atoms with E-state index in [0.29, 0.717) is 12.0 Å². The Kier molecular flexibility index (Phi) is 4.50. The molecule has 3 aliphatic rings. The van der Waals surface area contributed by atoms with Crippen molar-refractivity contribution in [2.45, 2.75) is 52.2 Å². The van der Waals surface area contributed by atoms with Crippen molar-refractivity contribution in [3.63, 3.8) is 0 Å². The Labute approximate surface area is 149 Å². The monoisotopic (exact) mass is 340 g/mol. The van der Waals surface area contributed by atoms with Crippen LogP contribution in [-0.2, 0) is 17.9 Å². The Morgan fingerprint density at radius 1 is 1.24 bits per heavy atom. The molecule has 0 aliphatic carbocycles. The number of rotatable bonds is 5. The predicted octanol–water partition coefficient (Wildman–Crippen LogP) is 2.79. The van der Waals surface area contributed by atoms with Gasteiger partial charge in [0.2, 0.25) is 5.91 Å². The number of amides is 1. The molecule has 0 radical (unpaired) electrons. The first-order valence-corrected chi connectivity index (χ1v) is 9.57. The van der Waals surface area contributed by atoms with Crippen LogP contribution in [0.3, 0.4) is 0 Å². The van der Waals surface area contributed by atoms with E-state index in [4.69, 9.17) is 4.98 Å². The van der Waals surface area contributed by atoms with Crippen molar-refractivity contribution in [3.8, 4) is 0 Å². The molecule has 3 aliphatic heterocycles. The summed E-state index contributed by atoms with van der Waals surface area (Å²) >= 11 is 0. The van der Waals surface area contributed by atoms with Crippen LogP contribution in [0.2, 0.25) is 0 Å². The van der Waals surface area contributed by atoms with Gasteiger partial charge in [-0.3, -0.25) is 9.69 Å². The number of carbonyl (C=O) groups is 1. The summed E-state index contributed by atoms with van der Waals surface area (Å²) in [5, 5.41) is 3.17. The molecule has 25 heavy (non-hydrogen) atoms. The molecule has 4 heterocycles. The van der Waals surface area contributed by atoms with Gasteiger partial charge in [-0.25, -0.2) is 4.98 Å². The maximum absolute atomic E-state index is 12.1. The highest BCUT2D eigenvalue weighted by Gasteiger charge is 2.35. The fourth-order valence-electron chi connectivity index (χ4n) is 4.15. The number of aryl methyl sites for hydroxylation is 1. The second-order valence-electron chi connectivity index (χ2n) is 8.02. The molecule has 3 saturated heterocycles. The standard InChI is InChI=1S/C20H28N4O/c1-14(2)9-10-24-18-6-4-3-5-17(18)22-19(24)13-23-11-15-7-8-16(12-23)21-20(15)25/h3-6,14-16H,7-13H2,1-2H3,(H,21,25)/t15-,16+/m1/s1. The van der Waals surface area contributed by atoms with E-state index < -0.39 is 0 Å². The van der Waals surface area contributed by atoms with Crippen LogP contribution in [-0.4, -0.2) is 39.5 Å². The minimum Gasteiger partial charge on any atom is -0.352 e. The van der Waals surface area contributed by atoms with Crippen molar-refractivity contribution in [3.05, 3.63) is 30.1 Å². The molecular weight excluding hydrogens is 312 g/mol. The summed E-state index contributed by atoms with van der Waals surface area (Å²) in [5.74, 6) is 2.19. The number of nitrogens with one attached hydrogen (secondary N) is 1. The molecule has 2 aromatic rings. The molecule has 0 saturated carbocycles. The van der Waals surface area contributed by atoms with Crippen LogP contribution in [0, 0.1) is 11.8 Å². The zero-order valence-corrected chi connectivity index (χ0v) is 15.2. The zero-order valence-electron chi connectivity index (χ0n) is 15.2. The predicted molar refractivity (Wildman–Crippen MR) is 99.1 cm³/mol. The highest BCUT2D eigenvalue weighted by molar-refractivity contribution is 5.80. The number of para-hydroxylation sites is 2. The summed E-state index contributed by atoms with van der Waals surface area (Å²) in [7, 11) is 0. The topological polar surface area (TPSA) is 50.2 Å². The summed E-state index contributed by atoms with van der Waals surface area (Å²) in [6.07, 6.45) is 3.28. The number of aromatic nitrogens is 2. The van der Waals surface area contributed by atoms with Crippen LogP contribution < -0.4 is 5.32 Å². The molecule has 0 spiro atoms. The van der Waals surface area contributed by atoms with Crippen LogP contribution >= 0.6 is 0 Å². The lowest BCUT2D eigenvalue weighted by molar-refractivity contribution is -0.126. The molecule has 1 N–H and O–H groups in total. The first-order valence-electron chi connectivity index (χ1n) is 9.57. The van der Waals surface area contributed by atoms with E-state index in [1.807, 2.05) is 0 Å². The van der Waals surface area contributed by atoms with Gasteiger partial charge in [-0.05, 0) is 37.3 Å². The summed E-state index contributed by atoms with van der Waals surface area (Å²) in [4.78, 5) is 19.4. The first-order chi connectivity index (χ1) is 12.1. The van der Waals surface area contributed by atoms with Gasteiger partial charge < -0.3 is 9.88 Å². The molecule has 5 heteroatoms. The lowest BCUT2D eigenvalue weighted by Crippen LogP contribution is -2.43. The molecule has 2 bridgehead atoms. The van der Waals surface area contributed by atoms with Crippen LogP contribution in [0.1, 0.15) is 38.9 Å². The summed E-state index contributed by atoms with van der Waals surface area (Å²) < 4.78 is 2.39. The second-order valence-corrected chi connectivity index (χ2v) is 8.02. The summed E-state index contributed by atoms with van der Waals surface area (Å²) in [6, 6.07) is 8.72. The van der Waals surface area contributed by atoms with Crippen LogP contribution in [0.4, 0.5) is 0 Å². The van der Waals surface area contributed by atoms with Gasteiger partial charge in [0.1, 0.15) is 5.82 Å². The van der Waals surface area contributed by atoms with E-state index in [1.54, 1.807) is 0 Å². The minimum atomic E-state index is 0.146. The van der Waals surface area contributed by atoms with E-state index in [-0.39, 0.29) is 11.8 Å². The maximum atomic E-state index is 12.1. The molecule has 3 fully saturated rings. The Hall–Kier alpha value is -1.88. The number of piperidine rings is 1. The fourth-order valence-corrected chi connectivity index (χ4v) is 4.15. The zero-order chi connectivity index (χ0) is 17.4. The largest absolute Gasteiger partial charge is 0.352 e. The van der Waals surface area contributed by atoms with Crippen molar-refractivity contribution < 1.29 is 4.79 Å². The van der Waals surface area contributed by atoms with E-state index in [9.17, 15) is 4.79 Å². The molecule has 134 valence electrons. The highest BCUT2D eigenvalue weighted by atomic mass is 16.2. The van der Waals surface area contributed by atoms with E-state index >= 15 is 0 Å². The van der Waals surface area contributed by atoms with Gasteiger partial charge in [-0.1, -0.05) is 26.0 Å². The van der Waals surface area contributed by atoms with Crippen LogP contribution in [0.25, 0.3) is 11.0 Å². The SMILES string of the molecule is CC(C)CCn1c(CN2C[C@@H]3CC[C@H](C2)C(=O)N3)nc2ccccc21. The fraction of sp³-hybridized carbons (Fsp3) is 0.600. The van der Waals surface area contributed by atoms with Gasteiger partial charge in [0, 0.05) is 25.7 Å². The molecule has 1 amide bonds. The summed E-state index contributed by atoms with van der Waals surface area (Å²) in [6.45, 7) is 8.16. The number of hydrogen-bond acceptors (Lipinski definition) is 3. The lowest BCUT2D eigenvalue weighted by Gasteiger charge is -2.23. The molecular formula is C20H28N4O. The molecule has 0 unspecified atom stereocenters. The number of nitrogens with zero attached hydrogens (tertiary/aromatic N) is 3.